The third-order valence-electron chi connectivity index (χ3n) is 7.22. The van der Waals surface area contributed by atoms with E-state index in [1.54, 1.807) is 19.5 Å². The van der Waals surface area contributed by atoms with Gasteiger partial charge in [0.15, 0.2) is 0 Å². The van der Waals surface area contributed by atoms with Gasteiger partial charge in [0.2, 0.25) is 5.91 Å². The average molecular weight is 402 g/mol. The summed E-state index contributed by atoms with van der Waals surface area (Å²) in [5, 5.41) is 0. The molecule has 29 heavy (non-hydrogen) atoms. The Morgan fingerprint density at radius 3 is 2.55 bits per heavy atom. The minimum atomic E-state index is 0.236. The maximum Gasteiger partial charge on any atom is 0.226 e. The fourth-order valence-electron chi connectivity index (χ4n) is 5.58. The van der Waals surface area contributed by atoms with E-state index in [9.17, 15) is 4.79 Å². The van der Waals surface area contributed by atoms with Crippen LogP contribution in [-0.4, -0.2) is 78.3 Å². The van der Waals surface area contributed by atoms with Crippen LogP contribution in [0.5, 0.6) is 0 Å². The van der Waals surface area contributed by atoms with Crippen LogP contribution < -0.4 is 0 Å². The van der Waals surface area contributed by atoms with Gasteiger partial charge in [-0.25, -0.2) is 0 Å². The van der Waals surface area contributed by atoms with Crippen molar-refractivity contribution in [2.75, 3.05) is 40.0 Å². The number of hydrogen-bond donors (Lipinski definition) is 0. The number of hydrogen-bond acceptors (Lipinski definition) is 5. The highest BCUT2D eigenvalue weighted by Gasteiger charge is 2.56. The van der Waals surface area contributed by atoms with E-state index in [-0.39, 0.29) is 11.4 Å². The molecule has 1 unspecified atom stereocenters. The summed E-state index contributed by atoms with van der Waals surface area (Å²) >= 11 is 0. The lowest BCUT2D eigenvalue weighted by Gasteiger charge is -2.63. The molecule has 1 aromatic rings. The fraction of sp³-hybridized carbons (Fsp3) is 0.739. The molecule has 0 aromatic carbocycles. The molecule has 3 fully saturated rings. The van der Waals surface area contributed by atoms with Gasteiger partial charge in [0.25, 0.3) is 0 Å². The summed E-state index contributed by atoms with van der Waals surface area (Å²) in [6, 6.07) is 4.45. The van der Waals surface area contributed by atoms with E-state index in [0.717, 1.165) is 38.0 Å². The van der Waals surface area contributed by atoms with Gasteiger partial charge in [-0.15, -0.1) is 0 Å². The van der Waals surface area contributed by atoms with Crippen LogP contribution in [0.15, 0.2) is 24.5 Å². The zero-order valence-electron chi connectivity index (χ0n) is 17.7. The second-order valence-corrected chi connectivity index (χ2v) is 8.81. The van der Waals surface area contributed by atoms with E-state index in [0.29, 0.717) is 31.8 Å². The lowest BCUT2D eigenvalue weighted by atomic mass is 9.69. The molecule has 1 aromatic heterocycles. The largest absolute Gasteiger partial charge is 0.382 e. The molecule has 1 aliphatic carbocycles. The molecule has 160 valence electrons. The van der Waals surface area contributed by atoms with Crippen LogP contribution in [-0.2, 0) is 20.7 Å². The number of carbonyl (C=O) groups is 1. The predicted octanol–water partition coefficient (Wildman–Crippen LogP) is 2.67. The third kappa shape index (κ3) is 4.49. The Kier molecular flexibility index (Phi) is 6.83. The summed E-state index contributed by atoms with van der Waals surface area (Å²) in [4.78, 5) is 21.5. The Morgan fingerprint density at radius 1 is 1.14 bits per heavy atom. The summed E-state index contributed by atoms with van der Waals surface area (Å²) in [5.74, 6) is 0.242. The zero-order chi connectivity index (χ0) is 20.1. The lowest BCUT2D eigenvalue weighted by molar-refractivity contribution is -0.204. The van der Waals surface area contributed by atoms with E-state index in [1.807, 2.05) is 12.1 Å². The minimum Gasteiger partial charge on any atom is -0.382 e. The van der Waals surface area contributed by atoms with Gasteiger partial charge in [0.05, 0.1) is 25.7 Å². The Bertz CT molecular complexity index is 655. The first-order valence-electron chi connectivity index (χ1n) is 11.3. The van der Waals surface area contributed by atoms with Crippen LogP contribution >= 0.6 is 0 Å². The van der Waals surface area contributed by atoms with Crippen molar-refractivity contribution in [1.29, 1.82) is 0 Å². The molecule has 6 nitrogen and oxygen atoms in total. The molecule has 2 aliphatic heterocycles. The maximum absolute atomic E-state index is 12.7. The standard InChI is InChI=1S/C23H35N3O3/c1-28-15-16-29-21-18-26(23(21)9-3-2-4-10-23)20-7-13-25(14-8-20)22(27)17-19-5-11-24-12-6-19/h5-6,11-12,20-21H,2-4,7-10,13-18H2,1H3. The maximum atomic E-state index is 12.7. The molecule has 0 N–H and O–H groups in total. The quantitative estimate of drug-likeness (QED) is 0.658. The monoisotopic (exact) mass is 401 g/mol. The minimum absolute atomic E-state index is 0.236. The van der Waals surface area contributed by atoms with Crippen molar-refractivity contribution in [2.24, 2.45) is 0 Å². The Morgan fingerprint density at radius 2 is 1.86 bits per heavy atom. The topological polar surface area (TPSA) is 54.9 Å². The second kappa shape index (κ2) is 9.54. The van der Waals surface area contributed by atoms with Gasteiger partial charge in [-0.3, -0.25) is 14.7 Å². The molecule has 0 bridgehead atoms. The molecular formula is C23H35N3O3. The average Bonchev–Trinajstić information content (AvgIpc) is 2.77. The molecule has 3 aliphatic rings. The van der Waals surface area contributed by atoms with Crippen LogP contribution in [0.4, 0.5) is 0 Å². The predicted molar refractivity (Wildman–Crippen MR) is 112 cm³/mol. The number of aromatic nitrogens is 1. The van der Waals surface area contributed by atoms with Gasteiger partial charge in [0, 0.05) is 50.7 Å². The number of pyridine rings is 1. The molecule has 4 rings (SSSR count). The van der Waals surface area contributed by atoms with Crippen LogP contribution in [0.1, 0.15) is 50.5 Å². The molecule has 0 radical (unpaired) electrons. The van der Waals surface area contributed by atoms with E-state index >= 15 is 0 Å². The first-order chi connectivity index (χ1) is 14.2. The van der Waals surface area contributed by atoms with Gasteiger partial charge in [-0.1, -0.05) is 19.3 Å². The Hall–Kier alpha value is -1.50. The lowest BCUT2D eigenvalue weighted by Crippen LogP contribution is -2.75. The summed E-state index contributed by atoms with van der Waals surface area (Å²) in [5.41, 5.74) is 1.28. The molecule has 1 atom stereocenters. The number of likely N-dealkylation sites (tertiary alicyclic amines) is 2. The highest BCUT2D eigenvalue weighted by Crippen LogP contribution is 2.47. The number of nitrogens with zero attached hydrogens (tertiary/aromatic N) is 3. The summed E-state index contributed by atoms with van der Waals surface area (Å²) in [6.07, 6.45) is 13.0. The van der Waals surface area contributed by atoms with Crippen molar-refractivity contribution in [3.63, 3.8) is 0 Å². The molecule has 1 amide bonds. The second-order valence-electron chi connectivity index (χ2n) is 8.81. The third-order valence-corrected chi connectivity index (χ3v) is 7.22. The first-order valence-corrected chi connectivity index (χ1v) is 11.3. The van der Waals surface area contributed by atoms with Gasteiger partial charge < -0.3 is 14.4 Å². The number of piperidine rings is 1. The highest BCUT2D eigenvalue weighted by atomic mass is 16.5. The molecule has 2 saturated heterocycles. The first kappa shape index (κ1) is 20.8. The van der Waals surface area contributed by atoms with E-state index in [2.05, 4.69) is 14.8 Å². The fourth-order valence-corrected chi connectivity index (χ4v) is 5.58. The van der Waals surface area contributed by atoms with Crippen molar-refractivity contribution < 1.29 is 14.3 Å². The van der Waals surface area contributed by atoms with E-state index < -0.39 is 0 Å². The molecule has 6 heteroatoms. The van der Waals surface area contributed by atoms with Crippen LogP contribution in [0, 0.1) is 0 Å². The highest BCUT2D eigenvalue weighted by molar-refractivity contribution is 5.78. The van der Waals surface area contributed by atoms with Crippen LogP contribution in [0.2, 0.25) is 0 Å². The van der Waals surface area contributed by atoms with Gasteiger partial charge in [0.1, 0.15) is 0 Å². The van der Waals surface area contributed by atoms with Crippen molar-refractivity contribution in [3.8, 4) is 0 Å². The number of carbonyl (C=O) groups excluding carboxylic acids is 1. The van der Waals surface area contributed by atoms with Crippen LogP contribution in [0.25, 0.3) is 0 Å². The van der Waals surface area contributed by atoms with Gasteiger partial charge in [-0.05, 0) is 43.4 Å². The van der Waals surface area contributed by atoms with Crippen molar-refractivity contribution in [3.05, 3.63) is 30.1 Å². The Balaban J connectivity index is 1.31. The summed E-state index contributed by atoms with van der Waals surface area (Å²) in [6.45, 7) is 4.15. The summed E-state index contributed by atoms with van der Waals surface area (Å²) in [7, 11) is 1.73. The number of amides is 1. The summed E-state index contributed by atoms with van der Waals surface area (Å²) < 4.78 is 11.4. The number of methoxy groups -OCH3 is 1. The zero-order valence-corrected chi connectivity index (χ0v) is 17.7. The normalized spacial score (nSPS) is 25.1. The van der Waals surface area contributed by atoms with Gasteiger partial charge in [-0.2, -0.15) is 0 Å². The number of rotatable bonds is 7. The van der Waals surface area contributed by atoms with Crippen molar-refractivity contribution >= 4 is 5.91 Å². The van der Waals surface area contributed by atoms with Crippen molar-refractivity contribution in [2.45, 2.75) is 69.1 Å². The van der Waals surface area contributed by atoms with Crippen molar-refractivity contribution in [1.82, 2.24) is 14.8 Å². The molecule has 1 spiro atoms. The number of ether oxygens (including phenoxy) is 2. The SMILES string of the molecule is COCCOC1CN(C2CCN(C(=O)Cc3ccncc3)CC2)C12CCCCC2. The molecule has 3 heterocycles. The molecule has 1 saturated carbocycles. The van der Waals surface area contributed by atoms with E-state index in [1.165, 1.54) is 32.1 Å². The van der Waals surface area contributed by atoms with Gasteiger partial charge >= 0.3 is 0 Å². The molecular weight excluding hydrogens is 366 g/mol. The van der Waals surface area contributed by atoms with Crippen LogP contribution in [0.3, 0.4) is 0 Å². The van der Waals surface area contributed by atoms with E-state index in [4.69, 9.17) is 9.47 Å². The smallest absolute Gasteiger partial charge is 0.226 e. The Labute approximate surface area is 174 Å².